The van der Waals surface area contributed by atoms with Crippen molar-refractivity contribution in [3.8, 4) is 34.6 Å². The van der Waals surface area contributed by atoms with Gasteiger partial charge in [0.2, 0.25) is 12.2 Å². The van der Waals surface area contributed by atoms with Gasteiger partial charge in [-0.05, 0) is 42.0 Å². The minimum Gasteiger partial charge on any atom is -0.484 e. The Kier molecular flexibility index (Phi) is 9.27. The summed E-state index contributed by atoms with van der Waals surface area (Å²) in [6.45, 7) is 0.504. The van der Waals surface area contributed by atoms with Crippen LogP contribution in [0.25, 0.3) is 33.9 Å². The highest BCUT2D eigenvalue weighted by Crippen LogP contribution is 2.33. The zero-order valence-corrected chi connectivity index (χ0v) is 26.9. The number of benzene rings is 3. The zero-order chi connectivity index (χ0) is 36.5. The van der Waals surface area contributed by atoms with Crippen molar-refractivity contribution in [2.45, 2.75) is 24.9 Å². The van der Waals surface area contributed by atoms with Gasteiger partial charge in [0.25, 0.3) is 11.8 Å². The van der Waals surface area contributed by atoms with Crippen LogP contribution in [0.15, 0.2) is 95.8 Å². The Bertz CT molecular complexity index is 2150. The van der Waals surface area contributed by atoms with Crippen LogP contribution < -0.4 is 9.57 Å². The van der Waals surface area contributed by atoms with Gasteiger partial charge in [-0.15, -0.1) is 0 Å². The smallest absolute Gasteiger partial charge is 0.422 e. The number of rotatable bonds is 10. The lowest BCUT2D eigenvalue weighted by Gasteiger charge is -2.39. The molecule has 0 bridgehead atoms. The summed E-state index contributed by atoms with van der Waals surface area (Å²) in [5, 5.41) is 4.70. The van der Waals surface area contributed by atoms with E-state index < -0.39 is 30.6 Å². The third-order valence-electron chi connectivity index (χ3n) is 8.34. The predicted octanol–water partition coefficient (Wildman–Crippen LogP) is 6.97. The summed E-state index contributed by atoms with van der Waals surface area (Å²) in [7, 11) is 0. The number of halogens is 6. The first-order valence-corrected chi connectivity index (χ1v) is 15.8. The molecular weight excluding hydrogens is 696 g/mol. The number of aromatic nitrogens is 5. The Morgan fingerprint density at radius 3 is 2.37 bits per heavy atom. The Labute approximate surface area is 291 Å². The Balaban J connectivity index is 1.09. The SMILES string of the molecule is O=CN1CCN(Cc2ccc(OCC(F)(F)F)cc2)CC1c1cc2ccccc2n1Oc1cnc(-c2nc(-c3ccc(C(F)(F)F)cc3)no2)cn1. The van der Waals surface area contributed by atoms with E-state index in [9.17, 15) is 31.1 Å². The van der Waals surface area contributed by atoms with Crippen molar-refractivity contribution in [2.75, 3.05) is 26.2 Å². The van der Waals surface area contributed by atoms with E-state index in [0.717, 1.165) is 29.5 Å². The highest BCUT2D eigenvalue weighted by molar-refractivity contribution is 5.81. The van der Waals surface area contributed by atoms with Crippen molar-refractivity contribution in [2.24, 2.45) is 0 Å². The summed E-state index contributed by atoms with van der Waals surface area (Å²) < 4.78 is 88.2. The summed E-state index contributed by atoms with van der Waals surface area (Å²) in [4.78, 5) is 35.3. The van der Waals surface area contributed by atoms with Gasteiger partial charge in [-0.1, -0.05) is 47.6 Å². The van der Waals surface area contributed by atoms with Gasteiger partial charge in [-0.3, -0.25) is 9.69 Å². The van der Waals surface area contributed by atoms with E-state index in [0.29, 0.717) is 43.0 Å². The molecule has 7 rings (SSSR count). The third-order valence-corrected chi connectivity index (χ3v) is 8.34. The molecule has 17 heteroatoms. The molecule has 0 N–H and O–H groups in total. The van der Waals surface area contributed by atoms with Crippen LogP contribution in [0.3, 0.4) is 0 Å². The van der Waals surface area contributed by atoms with Crippen LogP contribution in [-0.2, 0) is 17.5 Å². The van der Waals surface area contributed by atoms with Crippen LogP contribution in [0.1, 0.15) is 22.9 Å². The highest BCUT2D eigenvalue weighted by atomic mass is 19.4. The van der Waals surface area contributed by atoms with Gasteiger partial charge in [-0.25, -0.2) is 9.97 Å². The second kappa shape index (κ2) is 14.0. The Morgan fingerprint density at radius 2 is 1.67 bits per heavy atom. The van der Waals surface area contributed by atoms with Crippen molar-refractivity contribution in [3.05, 3.63) is 108 Å². The summed E-state index contributed by atoms with van der Waals surface area (Å²) in [6, 6.07) is 19.7. The van der Waals surface area contributed by atoms with Crippen LogP contribution in [0.5, 0.6) is 11.6 Å². The Hall–Kier alpha value is -5.97. The largest absolute Gasteiger partial charge is 0.484 e. The van der Waals surface area contributed by atoms with E-state index in [-0.39, 0.29) is 29.0 Å². The molecule has 4 heterocycles. The topological polar surface area (TPSA) is 112 Å². The highest BCUT2D eigenvalue weighted by Gasteiger charge is 2.32. The third kappa shape index (κ3) is 7.68. The molecule has 1 amide bonds. The molecular formula is C35H27F6N7O4. The number of nitrogens with zero attached hydrogens (tertiary/aromatic N) is 7. The molecule has 1 aliphatic heterocycles. The van der Waals surface area contributed by atoms with Crippen molar-refractivity contribution in [1.29, 1.82) is 0 Å². The number of piperazine rings is 1. The Morgan fingerprint density at radius 1 is 0.904 bits per heavy atom. The maximum Gasteiger partial charge on any atom is 0.422 e. The molecule has 1 unspecified atom stereocenters. The fraction of sp³-hybridized carbons (Fsp3) is 0.229. The number of carbonyl (C=O) groups is 1. The molecule has 6 aromatic rings. The molecule has 0 saturated carbocycles. The minimum absolute atomic E-state index is 0.00607. The predicted molar refractivity (Wildman–Crippen MR) is 173 cm³/mol. The average Bonchev–Trinajstić information content (AvgIpc) is 3.77. The first-order valence-electron chi connectivity index (χ1n) is 15.8. The quantitative estimate of drug-likeness (QED) is 0.109. The maximum atomic E-state index is 12.9. The molecule has 1 fully saturated rings. The van der Waals surface area contributed by atoms with Gasteiger partial charge in [0, 0.05) is 37.1 Å². The number of ether oxygens (including phenoxy) is 1. The fourth-order valence-electron chi connectivity index (χ4n) is 5.81. The molecule has 0 aliphatic carbocycles. The van der Waals surface area contributed by atoms with Crippen molar-refractivity contribution >= 4 is 17.3 Å². The van der Waals surface area contributed by atoms with Crippen molar-refractivity contribution in [1.82, 2.24) is 34.6 Å². The molecule has 3 aromatic carbocycles. The second-order valence-electron chi connectivity index (χ2n) is 11.9. The number of amides is 1. The monoisotopic (exact) mass is 723 g/mol. The van der Waals surface area contributed by atoms with E-state index in [1.54, 1.807) is 21.8 Å². The van der Waals surface area contributed by atoms with E-state index in [2.05, 4.69) is 25.0 Å². The van der Waals surface area contributed by atoms with Gasteiger partial charge in [0.05, 0.1) is 35.2 Å². The normalized spacial score (nSPS) is 15.6. The number of para-hydroxylation sites is 1. The van der Waals surface area contributed by atoms with E-state index in [1.165, 1.54) is 36.7 Å². The fourth-order valence-corrected chi connectivity index (χ4v) is 5.81. The van der Waals surface area contributed by atoms with Gasteiger partial charge in [0.15, 0.2) is 6.61 Å². The van der Waals surface area contributed by atoms with Crippen LogP contribution >= 0.6 is 0 Å². The summed E-state index contributed by atoms with van der Waals surface area (Å²) in [6.07, 6.45) is -5.42. The lowest BCUT2D eigenvalue weighted by atomic mass is 10.1. The standard InChI is InChI=1S/C35H27F6N7O4/c36-34(37,38)20-50-26-11-5-22(6-12-26)18-46-13-14-47(21-49)30(19-46)29-15-24-3-1-2-4-28(24)48(29)52-31-17-42-27(16-43-31)33-44-32(45-51-33)23-7-9-25(10-8-23)35(39,40)41/h1-12,15-17,21,30H,13-14,18-20H2. The first kappa shape index (κ1) is 34.5. The molecule has 11 nitrogen and oxygen atoms in total. The number of fused-ring (bicyclic) bond motifs is 1. The summed E-state index contributed by atoms with van der Waals surface area (Å²) in [5.41, 5.74) is 1.95. The summed E-state index contributed by atoms with van der Waals surface area (Å²) >= 11 is 0. The van der Waals surface area contributed by atoms with Gasteiger partial charge < -0.3 is 19.0 Å². The molecule has 0 spiro atoms. The van der Waals surface area contributed by atoms with Crippen molar-refractivity contribution < 1.29 is 45.2 Å². The van der Waals surface area contributed by atoms with Crippen LogP contribution in [0.4, 0.5) is 26.3 Å². The molecule has 1 saturated heterocycles. The second-order valence-corrected chi connectivity index (χ2v) is 11.9. The number of hydrogen-bond donors (Lipinski definition) is 0. The van der Waals surface area contributed by atoms with Gasteiger partial charge in [-0.2, -0.15) is 36.1 Å². The van der Waals surface area contributed by atoms with E-state index in [1.807, 2.05) is 30.3 Å². The molecule has 0 radical (unpaired) electrons. The summed E-state index contributed by atoms with van der Waals surface area (Å²) in [5.74, 6) is 0.283. The van der Waals surface area contributed by atoms with Crippen LogP contribution in [0.2, 0.25) is 0 Å². The first-order chi connectivity index (χ1) is 24.9. The minimum atomic E-state index is -4.47. The van der Waals surface area contributed by atoms with Gasteiger partial charge >= 0.3 is 12.4 Å². The van der Waals surface area contributed by atoms with E-state index >= 15 is 0 Å². The lowest BCUT2D eigenvalue weighted by Crippen LogP contribution is -2.48. The average molecular weight is 724 g/mol. The van der Waals surface area contributed by atoms with E-state index in [4.69, 9.17) is 14.1 Å². The lowest BCUT2D eigenvalue weighted by molar-refractivity contribution is -0.153. The van der Waals surface area contributed by atoms with Crippen molar-refractivity contribution in [3.63, 3.8) is 0 Å². The molecule has 268 valence electrons. The number of hydrogen-bond acceptors (Lipinski definition) is 9. The molecule has 52 heavy (non-hydrogen) atoms. The van der Waals surface area contributed by atoms with Crippen LogP contribution in [-0.4, -0.2) is 73.5 Å². The molecule has 3 aromatic heterocycles. The zero-order valence-electron chi connectivity index (χ0n) is 26.9. The maximum absolute atomic E-state index is 12.9. The number of carbonyl (C=O) groups excluding carboxylic acids is 1. The van der Waals surface area contributed by atoms with Crippen LogP contribution in [0, 0.1) is 0 Å². The number of alkyl halides is 6. The molecule has 1 aliphatic rings. The molecule has 1 atom stereocenters. The van der Waals surface area contributed by atoms with Gasteiger partial charge in [0.1, 0.15) is 11.4 Å².